The molecule has 1 aromatic heterocycles. The summed E-state index contributed by atoms with van der Waals surface area (Å²) in [6.45, 7) is 0. The molecule has 0 saturated heterocycles. The van der Waals surface area contributed by atoms with Gasteiger partial charge < -0.3 is 5.43 Å². The highest BCUT2D eigenvalue weighted by molar-refractivity contribution is 9.10. The van der Waals surface area contributed by atoms with Crippen molar-refractivity contribution in [2.45, 2.75) is 22.2 Å². The molecule has 3 rings (SSSR count). The maximum Gasteiger partial charge on any atom is 0.148 e. The predicted octanol–water partition coefficient (Wildman–Crippen LogP) is 3.56. The van der Waals surface area contributed by atoms with Crippen molar-refractivity contribution in [1.29, 1.82) is 0 Å². The summed E-state index contributed by atoms with van der Waals surface area (Å²) >= 11 is 7.01. The summed E-state index contributed by atoms with van der Waals surface area (Å²) in [7, 11) is 0. The fraction of sp³-hybridized carbons (Fsp3) is 0.231. The van der Waals surface area contributed by atoms with E-state index in [0.29, 0.717) is 0 Å². The Morgan fingerprint density at radius 2 is 2.05 bits per heavy atom. The minimum atomic E-state index is 0.744. The second kappa shape index (κ2) is 6.34. The van der Waals surface area contributed by atoms with Crippen LogP contribution in [0.15, 0.2) is 33.6 Å². The maximum absolute atomic E-state index is 5.55. The van der Waals surface area contributed by atoms with Crippen LogP contribution in [0.1, 0.15) is 17.1 Å². The second-order valence-electron chi connectivity index (χ2n) is 4.29. The lowest BCUT2D eigenvalue weighted by Crippen LogP contribution is -2.13. The normalized spacial score (nSPS) is 13.3. The van der Waals surface area contributed by atoms with E-state index in [4.69, 9.17) is 5.84 Å². The lowest BCUT2D eigenvalue weighted by molar-refractivity contribution is 0.969. The van der Waals surface area contributed by atoms with Gasteiger partial charge >= 0.3 is 0 Å². The van der Waals surface area contributed by atoms with Crippen LogP contribution < -0.4 is 11.3 Å². The molecular weight excluding hydrogens is 356 g/mol. The zero-order valence-corrected chi connectivity index (χ0v) is 13.8. The molecule has 0 saturated carbocycles. The Kier molecular flexibility index (Phi) is 4.50. The average molecular weight is 369 g/mol. The molecule has 0 radical (unpaired) electrons. The number of nitrogens with one attached hydrogen (secondary N) is 1. The van der Waals surface area contributed by atoms with Crippen LogP contribution in [0, 0.1) is 0 Å². The van der Waals surface area contributed by atoms with Crippen molar-refractivity contribution < 1.29 is 0 Å². The highest BCUT2D eigenvalue weighted by Gasteiger charge is 2.19. The van der Waals surface area contributed by atoms with Crippen molar-refractivity contribution in [3.05, 3.63) is 45.8 Å². The monoisotopic (exact) mass is 368 g/mol. The van der Waals surface area contributed by atoms with Crippen molar-refractivity contribution >= 4 is 45.3 Å². The van der Waals surface area contributed by atoms with Crippen LogP contribution in [0.3, 0.4) is 0 Å². The summed E-state index contributed by atoms with van der Waals surface area (Å²) in [4.78, 5) is 10.3. The number of hydrogen-bond donors (Lipinski definition) is 2. The van der Waals surface area contributed by atoms with E-state index in [2.05, 4.69) is 43.5 Å². The van der Waals surface area contributed by atoms with Gasteiger partial charge in [-0.2, -0.15) is 11.8 Å². The number of fused-ring (bicyclic) bond motifs is 1. The quantitative estimate of drug-likeness (QED) is 0.488. The molecule has 104 valence electrons. The molecule has 20 heavy (non-hydrogen) atoms. The third-order valence-corrected chi connectivity index (χ3v) is 5.45. The highest BCUT2D eigenvalue weighted by atomic mass is 79.9. The van der Waals surface area contributed by atoms with Gasteiger partial charge in [0, 0.05) is 26.4 Å². The number of nitrogens with two attached hydrogens (primary N) is 1. The third-order valence-electron chi connectivity index (χ3n) is 2.94. The van der Waals surface area contributed by atoms with E-state index in [9.17, 15) is 0 Å². The Hall–Kier alpha value is -0.760. The van der Waals surface area contributed by atoms with Gasteiger partial charge in [0.25, 0.3) is 0 Å². The van der Waals surface area contributed by atoms with Gasteiger partial charge in [-0.25, -0.2) is 15.8 Å². The van der Waals surface area contributed by atoms with Gasteiger partial charge in [-0.3, -0.25) is 0 Å². The van der Waals surface area contributed by atoms with Crippen LogP contribution in [0.2, 0.25) is 0 Å². The van der Waals surface area contributed by atoms with Crippen LogP contribution in [-0.4, -0.2) is 9.97 Å². The lowest BCUT2D eigenvalue weighted by Gasteiger charge is -2.08. The average Bonchev–Trinajstić information content (AvgIpc) is 2.94. The molecular formula is C13H13BrN4S2. The van der Waals surface area contributed by atoms with E-state index in [1.807, 2.05) is 23.9 Å². The first-order valence-electron chi connectivity index (χ1n) is 6.07. The van der Waals surface area contributed by atoms with E-state index in [1.54, 1.807) is 11.8 Å². The third kappa shape index (κ3) is 3.11. The smallest absolute Gasteiger partial charge is 0.148 e. The Balaban J connectivity index is 1.76. The number of rotatable bonds is 4. The van der Waals surface area contributed by atoms with Gasteiger partial charge in [-0.05, 0) is 24.3 Å². The zero-order chi connectivity index (χ0) is 13.9. The summed E-state index contributed by atoms with van der Waals surface area (Å²) in [5.74, 6) is 9.78. The van der Waals surface area contributed by atoms with Crippen molar-refractivity contribution in [2.24, 2.45) is 5.84 Å². The SMILES string of the molecule is NNc1nc(CSc2ccc(Br)cc2)nc2c1CSC2. The van der Waals surface area contributed by atoms with Gasteiger partial charge in [0.15, 0.2) is 0 Å². The number of hydrazine groups is 1. The van der Waals surface area contributed by atoms with Crippen LogP contribution in [0.5, 0.6) is 0 Å². The number of nitrogen functional groups attached to an aromatic ring is 1. The fourth-order valence-corrected chi connectivity index (χ4v) is 4.02. The molecule has 0 unspecified atom stereocenters. The molecule has 1 aromatic carbocycles. The van der Waals surface area contributed by atoms with Gasteiger partial charge in [-0.1, -0.05) is 15.9 Å². The first-order valence-corrected chi connectivity index (χ1v) is 9.01. The predicted molar refractivity (Wildman–Crippen MR) is 88.5 cm³/mol. The van der Waals surface area contributed by atoms with Gasteiger partial charge in [0.1, 0.15) is 11.6 Å². The lowest BCUT2D eigenvalue weighted by atomic mass is 10.2. The summed E-state index contributed by atoms with van der Waals surface area (Å²) < 4.78 is 1.09. The molecule has 2 heterocycles. The number of nitrogens with zero attached hydrogens (tertiary/aromatic N) is 2. The Morgan fingerprint density at radius 3 is 2.80 bits per heavy atom. The highest BCUT2D eigenvalue weighted by Crippen LogP contribution is 2.33. The molecule has 0 amide bonds. The summed E-state index contributed by atoms with van der Waals surface area (Å²) in [6, 6.07) is 8.24. The molecule has 4 nitrogen and oxygen atoms in total. The van der Waals surface area contributed by atoms with E-state index in [-0.39, 0.29) is 0 Å². The molecule has 3 N–H and O–H groups in total. The molecule has 7 heteroatoms. The molecule has 0 atom stereocenters. The Morgan fingerprint density at radius 1 is 1.25 bits per heavy atom. The topological polar surface area (TPSA) is 63.8 Å². The van der Waals surface area contributed by atoms with Crippen molar-refractivity contribution in [3.63, 3.8) is 0 Å². The standard InChI is InChI=1S/C13H13BrN4S2/c14-8-1-3-9(4-2-8)20-7-12-16-11-6-19-5-10(11)13(17-12)18-15/h1-4H,5-7,15H2,(H,16,17,18). The van der Waals surface area contributed by atoms with Gasteiger partial charge in [-0.15, -0.1) is 11.8 Å². The van der Waals surface area contributed by atoms with Gasteiger partial charge in [0.05, 0.1) is 11.4 Å². The molecule has 1 aliphatic rings. The van der Waals surface area contributed by atoms with Crippen molar-refractivity contribution in [1.82, 2.24) is 9.97 Å². The molecule has 0 fully saturated rings. The number of benzene rings is 1. The first kappa shape index (κ1) is 14.2. The number of thioether (sulfide) groups is 2. The van der Waals surface area contributed by atoms with E-state index in [1.165, 1.54) is 4.90 Å². The number of halogens is 1. The van der Waals surface area contributed by atoms with E-state index < -0.39 is 0 Å². The Labute approximate surface area is 134 Å². The summed E-state index contributed by atoms with van der Waals surface area (Å²) in [6.07, 6.45) is 0. The van der Waals surface area contributed by atoms with Crippen molar-refractivity contribution in [2.75, 3.05) is 5.43 Å². The fourth-order valence-electron chi connectivity index (χ4n) is 1.96. The van der Waals surface area contributed by atoms with E-state index >= 15 is 0 Å². The van der Waals surface area contributed by atoms with Crippen molar-refractivity contribution in [3.8, 4) is 0 Å². The van der Waals surface area contributed by atoms with Crippen LogP contribution in [0.25, 0.3) is 0 Å². The summed E-state index contributed by atoms with van der Waals surface area (Å²) in [5.41, 5.74) is 4.96. The number of anilines is 1. The van der Waals surface area contributed by atoms with Crippen LogP contribution >= 0.6 is 39.5 Å². The summed E-state index contributed by atoms with van der Waals surface area (Å²) in [5, 5.41) is 0. The maximum atomic E-state index is 5.55. The number of aromatic nitrogens is 2. The molecule has 2 aromatic rings. The van der Waals surface area contributed by atoms with Gasteiger partial charge in [0.2, 0.25) is 0 Å². The number of hydrogen-bond acceptors (Lipinski definition) is 6. The molecule has 1 aliphatic heterocycles. The molecule has 0 aliphatic carbocycles. The second-order valence-corrected chi connectivity index (χ2v) is 7.24. The largest absolute Gasteiger partial charge is 0.308 e. The van der Waals surface area contributed by atoms with Crippen LogP contribution in [0.4, 0.5) is 5.82 Å². The van der Waals surface area contributed by atoms with Crippen LogP contribution in [-0.2, 0) is 17.3 Å². The first-order chi connectivity index (χ1) is 9.76. The minimum absolute atomic E-state index is 0.744. The van der Waals surface area contributed by atoms with E-state index in [0.717, 1.165) is 44.6 Å². The minimum Gasteiger partial charge on any atom is -0.308 e. The zero-order valence-electron chi connectivity index (χ0n) is 10.6. The Bertz CT molecular complexity index is 619. The molecule has 0 spiro atoms. The molecule has 0 bridgehead atoms.